The maximum absolute atomic E-state index is 6.06. The summed E-state index contributed by atoms with van der Waals surface area (Å²) in [6.45, 7) is 1.45. The molecule has 2 aliphatic carbocycles. The average Bonchev–Trinajstić information content (AvgIpc) is 3.17. The van der Waals surface area contributed by atoms with E-state index in [1.165, 1.54) is 44.1 Å². The minimum Gasteiger partial charge on any atom is -0.374 e. The van der Waals surface area contributed by atoms with Crippen LogP contribution >= 0.6 is 0 Å². The first kappa shape index (κ1) is 12.5. The van der Waals surface area contributed by atoms with Crippen LogP contribution in [0, 0.1) is 5.41 Å². The minimum atomic E-state index is 0.00292. The van der Waals surface area contributed by atoms with Gasteiger partial charge in [-0.2, -0.15) is 10.2 Å². The van der Waals surface area contributed by atoms with Gasteiger partial charge in [-0.3, -0.25) is 0 Å². The molecule has 2 atom stereocenters. The summed E-state index contributed by atoms with van der Waals surface area (Å²) in [6.07, 6.45) is 7.71. The van der Waals surface area contributed by atoms with Crippen LogP contribution in [0.5, 0.6) is 0 Å². The quantitative estimate of drug-likeness (QED) is 0.810. The Balaban J connectivity index is 1.46. The number of hydrogen-bond acceptors (Lipinski definition) is 3. The van der Waals surface area contributed by atoms with Crippen LogP contribution in [0.25, 0.3) is 0 Å². The van der Waals surface area contributed by atoms with Gasteiger partial charge in [-0.25, -0.2) is 0 Å². The Morgan fingerprint density at radius 2 is 1.90 bits per heavy atom. The molecular formula is C17H22N2O. The Morgan fingerprint density at radius 1 is 1.10 bits per heavy atom. The number of benzene rings is 1. The number of rotatable bonds is 4. The highest BCUT2D eigenvalue weighted by atomic mass is 16.5. The number of hydrogen-bond donors (Lipinski definition) is 0. The Morgan fingerprint density at radius 3 is 2.60 bits per heavy atom. The molecule has 0 unspecified atom stereocenters. The molecule has 1 aromatic rings. The van der Waals surface area contributed by atoms with Gasteiger partial charge < -0.3 is 4.74 Å². The highest BCUT2D eigenvalue weighted by Gasteiger charge is 2.65. The van der Waals surface area contributed by atoms with E-state index in [2.05, 4.69) is 29.4 Å². The molecule has 0 aromatic heterocycles. The molecule has 3 nitrogen and oxygen atoms in total. The zero-order valence-electron chi connectivity index (χ0n) is 11.9. The second-order valence-electron chi connectivity index (χ2n) is 6.64. The third-order valence-corrected chi connectivity index (χ3v) is 5.73. The second kappa shape index (κ2) is 4.66. The largest absolute Gasteiger partial charge is 0.374 e. The molecule has 20 heavy (non-hydrogen) atoms. The Hall–Kier alpha value is -1.22. The third kappa shape index (κ3) is 1.69. The first-order valence-electron chi connectivity index (χ1n) is 7.88. The predicted molar refractivity (Wildman–Crippen MR) is 77.6 cm³/mol. The van der Waals surface area contributed by atoms with Gasteiger partial charge in [-0.15, -0.1) is 0 Å². The van der Waals surface area contributed by atoms with Crippen molar-refractivity contribution in [3.8, 4) is 0 Å². The topological polar surface area (TPSA) is 34.0 Å². The molecule has 1 spiro atoms. The second-order valence-corrected chi connectivity index (χ2v) is 6.64. The number of ether oxygens (including phenoxy) is 1. The zero-order valence-corrected chi connectivity index (χ0v) is 11.9. The lowest BCUT2D eigenvalue weighted by Gasteiger charge is -2.36. The van der Waals surface area contributed by atoms with E-state index in [4.69, 9.17) is 9.85 Å². The fourth-order valence-corrected chi connectivity index (χ4v) is 4.67. The van der Waals surface area contributed by atoms with E-state index in [1.54, 1.807) is 0 Å². The number of nitrogens with zero attached hydrogens (tertiary/aromatic N) is 2. The summed E-state index contributed by atoms with van der Waals surface area (Å²) in [4.78, 5) is 0. The molecule has 4 rings (SSSR count). The molecule has 1 aromatic carbocycles. The molecule has 0 N–H and O–H groups in total. The summed E-state index contributed by atoms with van der Waals surface area (Å²) in [5.74, 6) is 0. The summed E-state index contributed by atoms with van der Waals surface area (Å²) in [5.41, 5.74) is 1.60. The van der Waals surface area contributed by atoms with Crippen molar-refractivity contribution in [1.29, 1.82) is 0 Å². The van der Waals surface area contributed by atoms with Crippen LogP contribution in [0.2, 0.25) is 0 Å². The van der Waals surface area contributed by atoms with Gasteiger partial charge in [0.25, 0.3) is 0 Å². The Bertz CT molecular complexity index is 507. The van der Waals surface area contributed by atoms with Crippen LogP contribution in [0.1, 0.15) is 44.1 Å². The van der Waals surface area contributed by atoms with Gasteiger partial charge in [0.15, 0.2) is 0 Å². The Labute approximate surface area is 120 Å². The van der Waals surface area contributed by atoms with Gasteiger partial charge in [0.1, 0.15) is 5.54 Å². The van der Waals surface area contributed by atoms with Crippen molar-refractivity contribution in [3.63, 3.8) is 0 Å². The van der Waals surface area contributed by atoms with E-state index in [9.17, 15) is 0 Å². The van der Waals surface area contributed by atoms with E-state index in [0.29, 0.717) is 18.1 Å². The molecule has 2 saturated carbocycles. The highest BCUT2D eigenvalue weighted by molar-refractivity contribution is 5.20. The molecule has 106 valence electrons. The lowest BCUT2D eigenvalue weighted by atomic mass is 9.70. The fraction of sp³-hybridized carbons (Fsp3) is 0.647. The molecule has 0 amide bonds. The number of azo groups is 1. The van der Waals surface area contributed by atoms with Gasteiger partial charge in [0.2, 0.25) is 0 Å². The molecule has 1 heterocycles. The van der Waals surface area contributed by atoms with Crippen molar-refractivity contribution >= 4 is 0 Å². The van der Waals surface area contributed by atoms with Crippen molar-refractivity contribution in [2.24, 2.45) is 15.6 Å². The molecule has 3 heteroatoms. The summed E-state index contributed by atoms with van der Waals surface area (Å²) in [7, 11) is 0. The van der Waals surface area contributed by atoms with Crippen LogP contribution in [-0.4, -0.2) is 18.2 Å². The van der Waals surface area contributed by atoms with Gasteiger partial charge in [-0.05, 0) is 31.2 Å². The monoisotopic (exact) mass is 270 g/mol. The lowest BCUT2D eigenvalue weighted by molar-refractivity contribution is 0.0304. The van der Waals surface area contributed by atoms with Crippen LogP contribution < -0.4 is 0 Å². The van der Waals surface area contributed by atoms with E-state index in [1.807, 2.05) is 6.07 Å². The molecule has 3 aliphatic rings. The van der Waals surface area contributed by atoms with Crippen molar-refractivity contribution in [2.75, 3.05) is 6.61 Å². The van der Waals surface area contributed by atoms with Crippen molar-refractivity contribution in [1.82, 2.24) is 0 Å². The van der Waals surface area contributed by atoms with Crippen LogP contribution in [-0.2, 0) is 11.3 Å². The summed E-state index contributed by atoms with van der Waals surface area (Å²) in [6, 6.07) is 10.9. The molecule has 0 radical (unpaired) electrons. The van der Waals surface area contributed by atoms with Crippen molar-refractivity contribution in [2.45, 2.75) is 56.7 Å². The van der Waals surface area contributed by atoms with Gasteiger partial charge in [-0.1, -0.05) is 43.2 Å². The first-order valence-corrected chi connectivity index (χ1v) is 7.88. The third-order valence-electron chi connectivity index (χ3n) is 5.73. The van der Waals surface area contributed by atoms with E-state index in [-0.39, 0.29) is 5.54 Å². The predicted octanol–water partition coefficient (Wildman–Crippen LogP) is 4.13. The van der Waals surface area contributed by atoms with Gasteiger partial charge in [0, 0.05) is 5.41 Å². The van der Waals surface area contributed by atoms with Crippen LogP contribution in [0.4, 0.5) is 0 Å². The zero-order chi connectivity index (χ0) is 13.5. The van der Waals surface area contributed by atoms with Gasteiger partial charge >= 0.3 is 0 Å². The molecule has 0 saturated heterocycles. The van der Waals surface area contributed by atoms with E-state index >= 15 is 0 Å². The van der Waals surface area contributed by atoms with Crippen LogP contribution in [0.3, 0.4) is 0 Å². The van der Waals surface area contributed by atoms with E-state index < -0.39 is 0 Å². The average molecular weight is 270 g/mol. The minimum absolute atomic E-state index is 0.00292. The summed E-state index contributed by atoms with van der Waals surface area (Å²) in [5, 5.41) is 9.28. The van der Waals surface area contributed by atoms with Crippen molar-refractivity contribution in [3.05, 3.63) is 35.9 Å². The SMILES string of the molecule is c1ccc(COC[C@]23CC[C@H](N=N2)C32CCCC2)cc1. The van der Waals surface area contributed by atoms with Gasteiger partial charge in [0.05, 0.1) is 19.3 Å². The fourth-order valence-electron chi connectivity index (χ4n) is 4.67. The normalized spacial score (nSPS) is 33.3. The Kier molecular flexibility index (Phi) is 2.92. The maximum atomic E-state index is 6.06. The summed E-state index contributed by atoms with van der Waals surface area (Å²) < 4.78 is 6.06. The standard InChI is InChI=1S/C17H22N2O/c1-2-6-14(7-3-1)12-20-13-17-11-8-15(18-19-17)16(17)9-4-5-10-16/h1-3,6-7,15H,4-5,8-13H2/t15-,17-/m0/s1. The smallest absolute Gasteiger partial charge is 0.113 e. The molecule has 2 fully saturated rings. The maximum Gasteiger partial charge on any atom is 0.113 e. The first-order chi connectivity index (χ1) is 9.85. The lowest BCUT2D eigenvalue weighted by Crippen LogP contribution is -2.45. The summed E-state index contributed by atoms with van der Waals surface area (Å²) >= 11 is 0. The van der Waals surface area contributed by atoms with Crippen molar-refractivity contribution < 1.29 is 4.74 Å². The van der Waals surface area contributed by atoms with Crippen LogP contribution in [0.15, 0.2) is 40.6 Å². The van der Waals surface area contributed by atoms with E-state index in [0.717, 1.165) is 6.61 Å². The molecular weight excluding hydrogens is 248 g/mol. The molecule has 2 bridgehead atoms. The highest BCUT2D eigenvalue weighted by Crippen LogP contribution is 2.63. The molecule has 1 aliphatic heterocycles.